The van der Waals surface area contributed by atoms with Gasteiger partial charge in [0.1, 0.15) is 0 Å². The summed E-state index contributed by atoms with van der Waals surface area (Å²) >= 11 is 5.89. The maximum Gasteiger partial charge on any atom is 0.195 e. The van der Waals surface area contributed by atoms with Crippen LogP contribution < -0.4 is 11.2 Å². The van der Waals surface area contributed by atoms with Gasteiger partial charge in [-0.05, 0) is 24.6 Å². The van der Waals surface area contributed by atoms with Crippen molar-refractivity contribution in [3.8, 4) is 0 Å². The van der Waals surface area contributed by atoms with Gasteiger partial charge < -0.3 is 10.5 Å². The summed E-state index contributed by atoms with van der Waals surface area (Å²) in [5.74, 6) is 0.175. The molecule has 0 fully saturated rings. The van der Waals surface area contributed by atoms with Gasteiger partial charge in [-0.25, -0.2) is 0 Å². The molecule has 1 heterocycles. The molecule has 0 unspecified atom stereocenters. The average Bonchev–Trinajstić information content (AvgIpc) is 2.51. The van der Waals surface area contributed by atoms with Gasteiger partial charge >= 0.3 is 0 Å². The van der Waals surface area contributed by atoms with Gasteiger partial charge in [-0.1, -0.05) is 17.7 Å². The number of aromatic nitrogens is 1. The average molecular weight is 277 g/mol. The number of hydrogen-bond donors (Lipinski definition) is 1. The number of fused-ring (bicyclic) bond motifs is 1. The Bertz CT molecular complexity index is 726. The molecule has 5 heteroatoms. The standard InChI is InChI=1S/C14H13ClN2O2/c1-8-3-4-12-11(5-9(15)7-17-12)14(18)10(8)6-13(16)19-2/h3-7H,16H2,1-2H3/b13-6+. The van der Waals surface area contributed by atoms with Crippen molar-refractivity contribution in [3.63, 3.8) is 0 Å². The van der Waals surface area contributed by atoms with Crippen molar-refractivity contribution in [1.29, 1.82) is 0 Å². The molecule has 0 aliphatic carbocycles. The third kappa shape index (κ3) is 2.69. The van der Waals surface area contributed by atoms with E-state index in [4.69, 9.17) is 22.1 Å². The lowest BCUT2D eigenvalue weighted by Gasteiger charge is -1.99. The molecule has 19 heavy (non-hydrogen) atoms. The van der Waals surface area contributed by atoms with Crippen molar-refractivity contribution < 1.29 is 4.74 Å². The number of nitrogens with zero attached hydrogens (tertiary/aromatic N) is 1. The molecule has 4 nitrogen and oxygen atoms in total. The largest absolute Gasteiger partial charge is 0.483 e. The number of halogens is 1. The molecule has 2 aromatic rings. The summed E-state index contributed by atoms with van der Waals surface area (Å²) in [6, 6.07) is 5.20. The minimum absolute atomic E-state index is 0.174. The van der Waals surface area contributed by atoms with E-state index >= 15 is 0 Å². The minimum atomic E-state index is -0.174. The van der Waals surface area contributed by atoms with E-state index in [1.165, 1.54) is 19.4 Å². The van der Waals surface area contributed by atoms with E-state index in [0.717, 1.165) is 5.56 Å². The molecule has 0 aliphatic heterocycles. The normalized spacial score (nSPS) is 11.6. The monoisotopic (exact) mass is 276 g/mol. The molecule has 0 spiro atoms. The highest BCUT2D eigenvalue weighted by Crippen LogP contribution is 2.16. The lowest BCUT2D eigenvalue weighted by Crippen LogP contribution is -2.07. The first-order chi connectivity index (χ1) is 9.02. The van der Waals surface area contributed by atoms with Crippen molar-refractivity contribution in [3.05, 3.63) is 56.7 Å². The second kappa shape index (κ2) is 5.28. The second-order valence-electron chi connectivity index (χ2n) is 4.10. The van der Waals surface area contributed by atoms with Gasteiger partial charge in [0.05, 0.1) is 17.6 Å². The maximum atomic E-state index is 12.5. The summed E-state index contributed by atoms with van der Waals surface area (Å²) in [6.45, 7) is 1.83. The third-order valence-corrected chi connectivity index (χ3v) is 3.02. The Balaban J connectivity index is 2.89. The molecule has 0 saturated heterocycles. The Morgan fingerprint density at radius 3 is 2.89 bits per heavy atom. The highest BCUT2D eigenvalue weighted by molar-refractivity contribution is 6.31. The smallest absolute Gasteiger partial charge is 0.195 e. The SMILES string of the molecule is CO/C(N)=C/c1c(C)ccc2ncc(Cl)cc2c1=O. The molecule has 1 aromatic carbocycles. The van der Waals surface area contributed by atoms with Crippen LogP contribution in [0.4, 0.5) is 0 Å². The number of methoxy groups -OCH3 is 1. The Morgan fingerprint density at radius 1 is 1.47 bits per heavy atom. The van der Waals surface area contributed by atoms with Crippen LogP contribution in [-0.4, -0.2) is 12.1 Å². The summed E-state index contributed by atoms with van der Waals surface area (Å²) in [5.41, 5.74) is 7.29. The van der Waals surface area contributed by atoms with Crippen LogP contribution in [-0.2, 0) is 4.74 Å². The Hall–Kier alpha value is -2.07. The van der Waals surface area contributed by atoms with E-state index < -0.39 is 0 Å². The molecule has 0 radical (unpaired) electrons. The van der Waals surface area contributed by atoms with Crippen molar-refractivity contribution in [2.24, 2.45) is 5.73 Å². The van der Waals surface area contributed by atoms with Crippen molar-refractivity contribution in [2.75, 3.05) is 7.11 Å². The van der Waals surface area contributed by atoms with E-state index in [9.17, 15) is 4.79 Å². The van der Waals surface area contributed by atoms with Gasteiger partial charge in [0.2, 0.25) is 0 Å². The van der Waals surface area contributed by atoms with E-state index in [2.05, 4.69) is 4.98 Å². The molecular weight excluding hydrogens is 264 g/mol. The summed E-state index contributed by atoms with van der Waals surface area (Å²) in [6.07, 6.45) is 3.02. The number of nitrogens with two attached hydrogens (primary N) is 1. The number of hydrogen-bond acceptors (Lipinski definition) is 4. The van der Waals surface area contributed by atoms with E-state index in [1.54, 1.807) is 12.1 Å². The van der Waals surface area contributed by atoms with Crippen molar-refractivity contribution in [1.82, 2.24) is 4.98 Å². The number of pyridine rings is 1. The second-order valence-corrected chi connectivity index (χ2v) is 4.53. The van der Waals surface area contributed by atoms with Gasteiger partial charge in [-0.3, -0.25) is 9.78 Å². The van der Waals surface area contributed by atoms with Crippen molar-refractivity contribution >= 4 is 28.6 Å². The maximum absolute atomic E-state index is 12.5. The van der Waals surface area contributed by atoms with E-state index in [0.29, 0.717) is 21.5 Å². The first-order valence-electron chi connectivity index (χ1n) is 5.63. The van der Waals surface area contributed by atoms with Crippen LogP contribution in [0, 0.1) is 6.92 Å². The highest BCUT2D eigenvalue weighted by Gasteiger charge is 2.07. The molecule has 0 atom stereocenters. The first kappa shape index (κ1) is 13.4. The predicted molar refractivity (Wildman–Crippen MR) is 76.9 cm³/mol. The zero-order valence-electron chi connectivity index (χ0n) is 10.6. The zero-order chi connectivity index (χ0) is 14.0. The van der Waals surface area contributed by atoms with Gasteiger partial charge in [0.25, 0.3) is 0 Å². The summed E-state index contributed by atoms with van der Waals surface area (Å²) in [5, 5.41) is 0.874. The van der Waals surface area contributed by atoms with Crippen molar-refractivity contribution in [2.45, 2.75) is 6.92 Å². The number of aryl methyl sites for hydroxylation is 1. The minimum Gasteiger partial charge on any atom is -0.483 e. The van der Waals surface area contributed by atoms with Crippen LogP contribution >= 0.6 is 11.6 Å². The molecule has 2 N–H and O–H groups in total. The van der Waals surface area contributed by atoms with Gasteiger partial charge in [-0.15, -0.1) is 0 Å². The van der Waals surface area contributed by atoms with Crippen LogP contribution in [0.2, 0.25) is 5.02 Å². The molecule has 0 amide bonds. The fourth-order valence-corrected chi connectivity index (χ4v) is 1.92. The fourth-order valence-electron chi connectivity index (χ4n) is 1.76. The topological polar surface area (TPSA) is 65.2 Å². The molecule has 1 aromatic heterocycles. The summed E-state index contributed by atoms with van der Waals surface area (Å²) < 4.78 is 4.89. The van der Waals surface area contributed by atoms with Crippen LogP contribution in [0.5, 0.6) is 0 Å². The molecule has 98 valence electrons. The fraction of sp³-hybridized carbons (Fsp3) is 0.143. The van der Waals surface area contributed by atoms with Gasteiger partial charge in [0, 0.05) is 23.2 Å². The number of rotatable bonds is 2. The van der Waals surface area contributed by atoms with Gasteiger partial charge in [0.15, 0.2) is 11.3 Å². The van der Waals surface area contributed by atoms with Crippen LogP contribution in [0.15, 0.2) is 35.1 Å². The van der Waals surface area contributed by atoms with E-state index in [-0.39, 0.29) is 11.3 Å². The Morgan fingerprint density at radius 2 is 2.21 bits per heavy atom. The molecule has 2 rings (SSSR count). The van der Waals surface area contributed by atoms with Crippen LogP contribution in [0.1, 0.15) is 11.1 Å². The molecule has 0 bridgehead atoms. The Labute approximate surface area is 115 Å². The van der Waals surface area contributed by atoms with Gasteiger partial charge in [-0.2, -0.15) is 0 Å². The molecular formula is C14H13ClN2O2. The lowest BCUT2D eigenvalue weighted by atomic mass is 10.1. The van der Waals surface area contributed by atoms with Crippen LogP contribution in [0.3, 0.4) is 0 Å². The van der Waals surface area contributed by atoms with E-state index in [1.807, 2.05) is 13.0 Å². The Kier molecular flexibility index (Phi) is 3.71. The lowest BCUT2D eigenvalue weighted by molar-refractivity contribution is 0.291. The zero-order valence-corrected chi connectivity index (χ0v) is 11.4. The third-order valence-electron chi connectivity index (χ3n) is 2.81. The molecule has 0 aliphatic rings. The van der Waals surface area contributed by atoms with Crippen LogP contribution in [0.25, 0.3) is 17.0 Å². The molecule has 0 saturated carbocycles. The number of ether oxygens (including phenoxy) is 1. The predicted octanol–water partition coefficient (Wildman–Crippen LogP) is 2.46. The summed E-state index contributed by atoms with van der Waals surface area (Å²) in [7, 11) is 1.45. The quantitative estimate of drug-likeness (QED) is 0.856. The first-order valence-corrected chi connectivity index (χ1v) is 6.01. The highest BCUT2D eigenvalue weighted by atomic mass is 35.5. The summed E-state index contributed by atoms with van der Waals surface area (Å²) in [4.78, 5) is 16.6.